The Morgan fingerprint density at radius 3 is 2.50 bits per heavy atom. The number of hydrogen-bond donors (Lipinski definition) is 1. The Labute approximate surface area is 129 Å². The highest BCUT2D eigenvalue weighted by molar-refractivity contribution is 5.68. The zero-order valence-corrected chi connectivity index (χ0v) is 13.4. The fraction of sp³-hybridized carbons (Fsp3) is 0.867. The number of ether oxygens (including phenoxy) is 1. The molecule has 0 spiro atoms. The van der Waals surface area contributed by atoms with Crippen LogP contribution < -0.4 is 0 Å². The van der Waals surface area contributed by atoms with Crippen molar-refractivity contribution >= 4 is 12.1 Å². The molecular weight excluding hydrogens is 296 g/mol. The van der Waals surface area contributed by atoms with Gasteiger partial charge in [-0.05, 0) is 46.0 Å². The van der Waals surface area contributed by atoms with Gasteiger partial charge in [-0.1, -0.05) is 0 Å². The predicted octanol–water partition coefficient (Wildman–Crippen LogP) is 3.52. The first-order chi connectivity index (χ1) is 9.98. The number of aliphatic carboxylic acids is 1. The predicted molar refractivity (Wildman–Crippen MR) is 77.0 cm³/mol. The van der Waals surface area contributed by atoms with Gasteiger partial charge in [0.2, 0.25) is 0 Å². The fourth-order valence-corrected chi connectivity index (χ4v) is 2.52. The minimum absolute atomic E-state index is 0.0408. The molecule has 5 nitrogen and oxygen atoms in total. The number of carbonyl (C=O) groups is 2. The van der Waals surface area contributed by atoms with Gasteiger partial charge in [0.1, 0.15) is 12.0 Å². The van der Waals surface area contributed by atoms with Crippen LogP contribution in [0.2, 0.25) is 0 Å². The molecule has 1 unspecified atom stereocenters. The van der Waals surface area contributed by atoms with Crippen LogP contribution in [0.25, 0.3) is 0 Å². The van der Waals surface area contributed by atoms with Gasteiger partial charge in [-0.25, -0.2) is 13.6 Å². The molecule has 1 amide bonds. The van der Waals surface area contributed by atoms with Gasteiger partial charge in [-0.15, -0.1) is 0 Å². The third kappa shape index (κ3) is 7.04. The minimum atomic E-state index is -3.19. The van der Waals surface area contributed by atoms with Crippen molar-refractivity contribution in [3.05, 3.63) is 0 Å². The number of piperidine rings is 1. The van der Waals surface area contributed by atoms with Gasteiger partial charge in [0, 0.05) is 19.5 Å². The van der Waals surface area contributed by atoms with Crippen LogP contribution in [0.15, 0.2) is 0 Å². The normalized spacial score (nSPS) is 19.9. The molecule has 22 heavy (non-hydrogen) atoms. The monoisotopic (exact) mass is 321 g/mol. The summed E-state index contributed by atoms with van der Waals surface area (Å²) in [6.45, 7) is 6.28. The summed E-state index contributed by atoms with van der Waals surface area (Å²) in [5, 5.41) is 8.46. The highest BCUT2D eigenvalue weighted by atomic mass is 19.3. The molecule has 0 bridgehead atoms. The maximum Gasteiger partial charge on any atom is 0.410 e. The molecule has 1 fully saturated rings. The number of amides is 1. The van der Waals surface area contributed by atoms with Gasteiger partial charge in [-0.3, -0.25) is 4.79 Å². The molecule has 0 aromatic heterocycles. The summed E-state index contributed by atoms with van der Waals surface area (Å²) in [6.07, 6.45) is -0.313. The van der Waals surface area contributed by atoms with Crippen LogP contribution in [-0.4, -0.2) is 46.7 Å². The van der Waals surface area contributed by atoms with Gasteiger partial charge in [-0.2, -0.15) is 0 Å². The first kappa shape index (κ1) is 18.6. The molecule has 0 aromatic rings. The summed E-state index contributed by atoms with van der Waals surface area (Å²) in [5.74, 6) is -4.73. The maximum atomic E-state index is 13.4. The number of halogens is 2. The van der Waals surface area contributed by atoms with E-state index in [1.54, 1.807) is 25.7 Å². The second-order valence-corrected chi connectivity index (χ2v) is 6.90. The van der Waals surface area contributed by atoms with Crippen molar-refractivity contribution in [1.82, 2.24) is 4.90 Å². The van der Waals surface area contributed by atoms with Crippen LogP contribution >= 0.6 is 0 Å². The van der Waals surface area contributed by atoms with Crippen molar-refractivity contribution in [2.45, 2.75) is 64.4 Å². The first-order valence-corrected chi connectivity index (χ1v) is 7.56. The van der Waals surface area contributed by atoms with Crippen molar-refractivity contribution in [2.24, 2.45) is 5.92 Å². The maximum absolute atomic E-state index is 13.4. The number of nitrogens with zero attached hydrogens (tertiary/aromatic N) is 1. The molecule has 1 heterocycles. The fourth-order valence-electron chi connectivity index (χ4n) is 2.52. The third-order valence-electron chi connectivity index (χ3n) is 3.50. The number of carboxylic acid groups (broad SMARTS) is 1. The van der Waals surface area contributed by atoms with E-state index in [0.717, 1.165) is 12.8 Å². The molecule has 1 aliphatic heterocycles. The van der Waals surface area contributed by atoms with Crippen molar-refractivity contribution < 1.29 is 28.2 Å². The van der Waals surface area contributed by atoms with Crippen LogP contribution in [-0.2, 0) is 9.53 Å². The van der Waals surface area contributed by atoms with Crippen LogP contribution in [0.4, 0.5) is 13.6 Å². The Bertz CT molecular complexity index is 407. The molecule has 1 saturated heterocycles. The lowest BCUT2D eigenvalue weighted by atomic mass is 9.91. The molecule has 0 radical (unpaired) electrons. The van der Waals surface area contributed by atoms with Gasteiger partial charge >= 0.3 is 12.1 Å². The lowest BCUT2D eigenvalue weighted by Gasteiger charge is -2.34. The van der Waals surface area contributed by atoms with Crippen molar-refractivity contribution in [1.29, 1.82) is 0 Å². The summed E-state index contributed by atoms with van der Waals surface area (Å²) in [4.78, 5) is 23.9. The summed E-state index contributed by atoms with van der Waals surface area (Å²) in [5.41, 5.74) is -0.585. The molecular formula is C15H25F2NO4. The minimum Gasteiger partial charge on any atom is -0.481 e. The summed E-state index contributed by atoms with van der Waals surface area (Å²) < 4.78 is 32.1. The number of carbonyl (C=O) groups excluding carboxylic acids is 1. The molecule has 0 saturated carbocycles. The Morgan fingerprint density at radius 2 is 1.95 bits per heavy atom. The van der Waals surface area contributed by atoms with Crippen molar-refractivity contribution in [3.63, 3.8) is 0 Å². The Hall–Kier alpha value is -1.40. The molecule has 0 aromatic carbocycles. The third-order valence-corrected chi connectivity index (χ3v) is 3.50. The average Bonchev–Trinajstić information content (AvgIpc) is 2.33. The molecule has 1 N–H and O–H groups in total. The topological polar surface area (TPSA) is 66.8 Å². The van der Waals surface area contributed by atoms with Crippen LogP contribution in [0.5, 0.6) is 0 Å². The summed E-state index contributed by atoms with van der Waals surface area (Å²) in [7, 11) is 0. The van der Waals surface area contributed by atoms with E-state index in [-0.39, 0.29) is 12.3 Å². The van der Waals surface area contributed by atoms with E-state index in [0.29, 0.717) is 13.1 Å². The standard InChI is InChI=1S/C15H25F2NO4/c1-14(2,3)22-13(21)18-8-4-5-11(10-18)6-7-15(16,17)9-12(19)20/h11H,4-10H2,1-3H3,(H,19,20). The molecule has 1 aliphatic rings. The molecule has 1 atom stereocenters. The zero-order chi connectivity index (χ0) is 17.0. The quantitative estimate of drug-likeness (QED) is 0.841. The SMILES string of the molecule is CC(C)(C)OC(=O)N1CCCC(CCC(F)(F)CC(=O)O)C1. The van der Waals surface area contributed by atoms with E-state index in [9.17, 15) is 18.4 Å². The smallest absolute Gasteiger partial charge is 0.410 e. The number of rotatable bonds is 5. The van der Waals surface area contributed by atoms with Gasteiger partial charge < -0.3 is 14.7 Å². The zero-order valence-electron chi connectivity index (χ0n) is 13.4. The van der Waals surface area contributed by atoms with Gasteiger partial charge in [0.25, 0.3) is 5.92 Å². The Kier molecular flexibility index (Phi) is 6.14. The van der Waals surface area contributed by atoms with Crippen LogP contribution in [0.3, 0.4) is 0 Å². The van der Waals surface area contributed by atoms with E-state index >= 15 is 0 Å². The lowest BCUT2D eigenvalue weighted by molar-refractivity contribution is -0.145. The first-order valence-electron chi connectivity index (χ1n) is 7.56. The molecule has 1 rings (SSSR count). The summed E-state index contributed by atoms with van der Waals surface area (Å²) >= 11 is 0. The van der Waals surface area contributed by atoms with E-state index in [4.69, 9.17) is 9.84 Å². The highest BCUT2D eigenvalue weighted by Crippen LogP contribution is 2.30. The van der Waals surface area contributed by atoms with E-state index in [1.165, 1.54) is 0 Å². The van der Waals surface area contributed by atoms with E-state index in [2.05, 4.69) is 0 Å². The highest BCUT2D eigenvalue weighted by Gasteiger charge is 2.34. The lowest BCUT2D eigenvalue weighted by Crippen LogP contribution is -2.43. The van der Waals surface area contributed by atoms with E-state index < -0.39 is 36.4 Å². The second kappa shape index (κ2) is 7.24. The number of hydrogen-bond acceptors (Lipinski definition) is 3. The number of carboxylic acids is 1. The molecule has 7 heteroatoms. The average molecular weight is 321 g/mol. The molecule has 0 aliphatic carbocycles. The van der Waals surface area contributed by atoms with Crippen molar-refractivity contribution in [2.75, 3.05) is 13.1 Å². The number of alkyl halides is 2. The van der Waals surface area contributed by atoms with Crippen molar-refractivity contribution in [3.8, 4) is 0 Å². The Balaban J connectivity index is 2.46. The largest absolute Gasteiger partial charge is 0.481 e. The van der Waals surface area contributed by atoms with Gasteiger partial charge in [0.15, 0.2) is 0 Å². The number of likely N-dealkylation sites (tertiary alicyclic amines) is 1. The van der Waals surface area contributed by atoms with E-state index in [1.807, 2.05) is 0 Å². The molecule has 128 valence electrons. The van der Waals surface area contributed by atoms with Crippen LogP contribution in [0, 0.1) is 5.92 Å². The Morgan fingerprint density at radius 1 is 1.32 bits per heavy atom. The second-order valence-electron chi connectivity index (χ2n) is 6.90. The summed E-state index contributed by atoms with van der Waals surface area (Å²) in [6, 6.07) is 0. The van der Waals surface area contributed by atoms with Crippen LogP contribution in [0.1, 0.15) is 52.9 Å². The van der Waals surface area contributed by atoms with Gasteiger partial charge in [0.05, 0.1) is 0 Å².